The number of ketones is 1. The number of alkyl carbamates (subject to hydrolysis) is 1. The highest BCUT2D eigenvalue weighted by atomic mass is 32.2. The molecule has 1 unspecified atom stereocenters. The molecule has 0 heterocycles. The van der Waals surface area contributed by atoms with Gasteiger partial charge >= 0.3 is 6.09 Å². The Hall–Kier alpha value is -1.09. The highest BCUT2D eigenvalue weighted by Crippen LogP contribution is 2.67. The smallest absolute Gasteiger partial charge is 0.407 e. The summed E-state index contributed by atoms with van der Waals surface area (Å²) in [5.41, 5.74) is 2.35. The lowest BCUT2D eigenvalue weighted by molar-refractivity contribution is -0.119. The number of thioether (sulfide) groups is 1. The van der Waals surface area contributed by atoms with Gasteiger partial charge in [-0.3, -0.25) is 4.79 Å². The second kappa shape index (κ2) is 21.9. The van der Waals surface area contributed by atoms with Gasteiger partial charge in [-0.25, -0.2) is 4.79 Å². The van der Waals surface area contributed by atoms with Gasteiger partial charge < -0.3 is 24.3 Å². The van der Waals surface area contributed by atoms with Gasteiger partial charge in [-0.15, -0.1) is 0 Å². The number of carbonyl (C=O) groups excluding carboxylic acids is 2. The van der Waals surface area contributed by atoms with Crippen molar-refractivity contribution >= 4 is 23.6 Å². The summed E-state index contributed by atoms with van der Waals surface area (Å²) in [5, 5.41) is 3.52. The molecule has 0 aromatic rings. The van der Waals surface area contributed by atoms with Gasteiger partial charge in [0.2, 0.25) is 0 Å². The third-order valence-electron chi connectivity index (χ3n) is 13.6. The van der Waals surface area contributed by atoms with Crippen LogP contribution in [-0.2, 0) is 23.7 Å². The molecule has 0 aromatic carbocycles. The van der Waals surface area contributed by atoms with Crippen molar-refractivity contribution < 1.29 is 28.5 Å². The average Bonchev–Trinajstić information content (AvgIpc) is 3.45. The molecule has 7 nitrogen and oxygen atoms in total. The lowest BCUT2D eigenvalue weighted by Gasteiger charge is -2.58. The Balaban J connectivity index is 1.04. The van der Waals surface area contributed by atoms with Crippen LogP contribution in [0.4, 0.5) is 4.79 Å². The van der Waals surface area contributed by atoms with Gasteiger partial charge in [-0.05, 0) is 109 Å². The Morgan fingerprint density at radius 1 is 0.827 bits per heavy atom. The van der Waals surface area contributed by atoms with Gasteiger partial charge in [-0.1, -0.05) is 79.4 Å². The van der Waals surface area contributed by atoms with Crippen molar-refractivity contribution in [3.05, 3.63) is 11.6 Å². The Bertz CT molecular complexity index is 1110. The summed E-state index contributed by atoms with van der Waals surface area (Å²) >= 11 is 1.83. The SMILES string of the molecule is CC(C)CCC[C@@H](C)[C@H]1CC[C@H]2[C@@H]3CC=C4CC(OC(=O)NCCCOCCOCCOCCCC(=O)CCSC(C)C)CC[C@]4(C)[C@H]3CC[C@]12C. The molecule has 0 aliphatic heterocycles. The van der Waals surface area contributed by atoms with Crippen LogP contribution in [0.5, 0.6) is 0 Å². The summed E-state index contributed by atoms with van der Waals surface area (Å²) in [6.07, 6.45) is 19.1. The summed E-state index contributed by atoms with van der Waals surface area (Å²) < 4.78 is 22.8. The molecule has 8 atom stereocenters. The highest BCUT2D eigenvalue weighted by molar-refractivity contribution is 7.99. The van der Waals surface area contributed by atoms with Crippen LogP contribution >= 0.6 is 11.8 Å². The summed E-state index contributed by atoms with van der Waals surface area (Å²) in [4.78, 5) is 24.5. The molecule has 0 saturated heterocycles. The minimum atomic E-state index is -0.298. The van der Waals surface area contributed by atoms with Gasteiger partial charge in [0.05, 0.1) is 26.4 Å². The van der Waals surface area contributed by atoms with E-state index in [0.717, 1.165) is 73.4 Å². The quantitative estimate of drug-likeness (QED) is 0.0777. The van der Waals surface area contributed by atoms with Crippen LogP contribution in [0.1, 0.15) is 145 Å². The van der Waals surface area contributed by atoms with Crippen LogP contribution in [0.15, 0.2) is 11.6 Å². The first-order chi connectivity index (χ1) is 24.9. The van der Waals surface area contributed by atoms with Crippen molar-refractivity contribution in [3.8, 4) is 0 Å². The number of rotatable bonds is 24. The molecule has 3 saturated carbocycles. The molecule has 300 valence electrons. The monoisotopic (exact) mass is 748 g/mol. The largest absolute Gasteiger partial charge is 0.446 e. The number of hydrogen-bond acceptors (Lipinski definition) is 7. The molecular weight excluding hydrogens is 671 g/mol. The van der Waals surface area contributed by atoms with Crippen LogP contribution < -0.4 is 5.32 Å². The molecule has 0 radical (unpaired) electrons. The highest BCUT2D eigenvalue weighted by Gasteiger charge is 2.59. The van der Waals surface area contributed by atoms with Crippen molar-refractivity contribution in [1.82, 2.24) is 5.32 Å². The predicted molar refractivity (Wildman–Crippen MR) is 215 cm³/mol. The van der Waals surface area contributed by atoms with Crippen LogP contribution in [0.3, 0.4) is 0 Å². The second-order valence-electron chi connectivity index (χ2n) is 18.0. The Morgan fingerprint density at radius 3 is 2.25 bits per heavy atom. The molecule has 3 fully saturated rings. The standard InChI is InChI=1S/C44H77NO6S/c1-32(2)11-8-12-34(5)39-16-17-40-38-15-14-35-31-37(18-21-43(35,6)41(38)19-22-44(39,40)7)51-42(47)45-23-10-25-49-27-29-50-28-26-48-24-9-13-36(46)20-30-52-33(3)4/h14,32-34,37-41H,8-13,15-31H2,1-7H3,(H,45,47)/t34-,37?,38+,39-,40+,41+,43+,44-/m1/s1. The van der Waals surface area contributed by atoms with Gasteiger partial charge in [0.15, 0.2) is 0 Å². The molecule has 4 rings (SSSR count). The van der Waals surface area contributed by atoms with Gasteiger partial charge in [0.1, 0.15) is 11.9 Å². The van der Waals surface area contributed by atoms with E-state index in [1.165, 1.54) is 51.4 Å². The van der Waals surface area contributed by atoms with E-state index in [9.17, 15) is 9.59 Å². The first kappa shape index (κ1) is 43.6. The second-order valence-corrected chi connectivity index (χ2v) is 19.7. The Labute approximate surface area is 322 Å². The maximum absolute atomic E-state index is 12.7. The van der Waals surface area contributed by atoms with Gasteiger partial charge in [-0.2, -0.15) is 11.8 Å². The zero-order valence-electron chi connectivity index (χ0n) is 34.3. The zero-order chi connectivity index (χ0) is 37.6. The molecule has 0 spiro atoms. The number of carbonyl (C=O) groups is 2. The third kappa shape index (κ3) is 12.7. The average molecular weight is 748 g/mol. The Kier molecular flexibility index (Phi) is 18.3. The van der Waals surface area contributed by atoms with Crippen molar-refractivity contribution in [1.29, 1.82) is 0 Å². The molecule has 0 aromatic heterocycles. The molecule has 1 amide bonds. The van der Waals surface area contributed by atoms with E-state index in [-0.39, 0.29) is 17.6 Å². The lowest BCUT2D eigenvalue weighted by Crippen LogP contribution is -2.51. The summed E-state index contributed by atoms with van der Waals surface area (Å²) in [5.74, 6) is 6.28. The molecule has 4 aliphatic rings. The lowest BCUT2D eigenvalue weighted by atomic mass is 9.47. The molecule has 1 N–H and O–H groups in total. The van der Waals surface area contributed by atoms with E-state index < -0.39 is 0 Å². The fourth-order valence-corrected chi connectivity index (χ4v) is 11.6. The van der Waals surface area contributed by atoms with Crippen molar-refractivity contribution in [3.63, 3.8) is 0 Å². The molecule has 52 heavy (non-hydrogen) atoms. The summed E-state index contributed by atoms with van der Waals surface area (Å²) in [7, 11) is 0. The number of ether oxygens (including phenoxy) is 4. The van der Waals surface area contributed by atoms with Crippen LogP contribution in [0, 0.1) is 46.3 Å². The van der Waals surface area contributed by atoms with Gasteiger partial charge in [0, 0.05) is 44.8 Å². The van der Waals surface area contributed by atoms with E-state index >= 15 is 0 Å². The maximum atomic E-state index is 12.7. The van der Waals surface area contributed by atoms with Crippen molar-refractivity contribution in [2.45, 2.75) is 156 Å². The van der Waals surface area contributed by atoms with Crippen LogP contribution in [0.25, 0.3) is 0 Å². The Morgan fingerprint density at radius 2 is 1.54 bits per heavy atom. The predicted octanol–water partition coefficient (Wildman–Crippen LogP) is 10.4. The van der Waals surface area contributed by atoms with Crippen molar-refractivity contribution in [2.24, 2.45) is 46.3 Å². The zero-order valence-corrected chi connectivity index (χ0v) is 35.1. The third-order valence-corrected chi connectivity index (χ3v) is 14.7. The van der Waals surface area contributed by atoms with E-state index in [1.807, 2.05) is 11.8 Å². The fourth-order valence-electron chi connectivity index (χ4n) is 10.8. The first-order valence-electron chi connectivity index (χ1n) is 21.4. The van der Waals surface area contributed by atoms with Gasteiger partial charge in [0.25, 0.3) is 0 Å². The van der Waals surface area contributed by atoms with E-state index in [4.69, 9.17) is 18.9 Å². The van der Waals surface area contributed by atoms with E-state index in [0.29, 0.717) is 75.5 Å². The number of fused-ring (bicyclic) bond motifs is 5. The minimum absolute atomic E-state index is 0.0223. The molecule has 8 heteroatoms. The number of Topliss-reactive ketones (excluding diaryl/α,β-unsaturated/α-hetero) is 1. The van der Waals surface area contributed by atoms with E-state index in [1.54, 1.807) is 5.57 Å². The number of nitrogens with one attached hydrogen (secondary N) is 1. The number of amides is 1. The summed E-state index contributed by atoms with van der Waals surface area (Å²) in [6.45, 7) is 20.6. The molecule has 4 aliphatic carbocycles. The van der Waals surface area contributed by atoms with Crippen LogP contribution in [0.2, 0.25) is 0 Å². The minimum Gasteiger partial charge on any atom is -0.446 e. The van der Waals surface area contributed by atoms with E-state index in [2.05, 4.69) is 59.9 Å². The topological polar surface area (TPSA) is 83.1 Å². The number of hydrogen-bond donors (Lipinski definition) is 1. The number of allylic oxidation sites excluding steroid dienone is 1. The molecular formula is C44H77NO6S. The normalized spacial score (nSPS) is 30.4. The first-order valence-corrected chi connectivity index (χ1v) is 22.5. The van der Waals surface area contributed by atoms with Crippen LogP contribution in [-0.4, -0.2) is 75.2 Å². The fraction of sp³-hybridized carbons (Fsp3) is 0.909. The summed E-state index contributed by atoms with van der Waals surface area (Å²) in [6, 6.07) is 0. The molecule has 0 bridgehead atoms. The maximum Gasteiger partial charge on any atom is 0.407 e. The van der Waals surface area contributed by atoms with Crippen molar-refractivity contribution in [2.75, 3.05) is 51.9 Å².